The van der Waals surface area contributed by atoms with Gasteiger partial charge in [0.05, 0.1) is 12.9 Å². The van der Waals surface area contributed by atoms with Gasteiger partial charge in [-0.25, -0.2) is 9.59 Å². The van der Waals surface area contributed by atoms with Crippen LogP contribution in [0.5, 0.6) is 0 Å². The van der Waals surface area contributed by atoms with E-state index in [-0.39, 0.29) is 17.2 Å². The number of carbonyl (C=O) groups excluding carboxylic acids is 3. The summed E-state index contributed by atoms with van der Waals surface area (Å²) in [6, 6.07) is 6.50. The van der Waals surface area contributed by atoms with Crippen LogP contribution in [0.15, 0.2) is 41.8 Å². The van der Waals surface area contributed by atoms with Crippen LogP contribution in [0.2, 0.25) is 0 Å². The Morgan fingerprint density at radius 2 is 1.88 bits per heavy atom. The highest BCUT2D eigenvalue weighted by Crippen LogP contribution is 2.40. The molecule has 0 saturated carbocycles. The van der Waals surface area contributed by atoms with Crippen molar-refractivity contribution in [3.8, 4) is 0 Å². The number of amides is 3. The maximum absolute atomic E-state index is 13.1. The molecule has 2 aliphatic heterocycles. The molecule has 2 heterocycles. The number of carboxylic acids is 1. The van der Waals surface area contributed by atoms with E-state index in [0.29, 0.717) is 5.56 Å². The molecule has 3 amide bonds. The Balaban J connectivity index is 1.77. The summed E-state index contributed by atoms with van der Waals surface area (Å²) in [7, 11) is 1.34. The number of nitrogens with one attached hydrogen (secondary N) is 2. The summed E-state index contributed by atoms with van der Waals surface area (Å²) in [5.74, 6) is -2.02. The van der Waals surface area contributed by atoms with Crippen LogP contribution < -0.4 is 10.6 Å². The van der Waals surface area contributed by atoms with E-state index < -0.39 is 46.9 Å². The van der Waals surface area contributed by atoms with Crippen molar-refractivity contribution >= 4 is 35.6 Å². The maximum Gasteiger partial charge on any atom is 0.408 e. The van der Waals surface area contributed by atoms with Crippen molar-refractivity contribution < 1.29 is 33.8 Å². The standard InChI is InChI=1S/C21H25N3O7S/c1-21(2,3)31-20(29)23-13(11-8-6-5-7-9-11)16(25)22-14-17(26)24-15(19(27)28)12(30-4)10-32-18(14)24/h5-9,13-14,18H,10H2,1-4H3,(H,22,25)(H,23,29)(H,27,28)/t13?,14-,18-/m1/s1. The molecule has 0 bridgehead atoms. The number of rotatable bonds is 6. The number of carbonyl (C=O) groups is 4. The number of β-lactam (4-membered cyclic amide) rings is 1. The van der Waals surface area contributed by atoms with Gasteiger partial charge < -0.3 is 25.2 Å². The Labute approximate surface area is 189 Å². The lowest BCUT2D eigenvalue weighted by Crippen LogP contribution is -2.71. The highest BCUT2D eigenvalue weighted by atomic mass is 32.2. The Bertz CT molecular complexity index is 958. The lowest BCUT2D eigenvalue weighted by Gasteiger charge is -2.49. The van der Waals surface area contributed by atoms with Gasteiger partial charge in [0.1, 0.15) is 28.8 Å². The van der Waals surface area contributed by atoms with Crippen LogP contribution in [0.25, 0.3) is 0 Å². The molecule has 1 aromatic carbocycles. The van der Waals surface area contributed by atoms with Gasteiger partial charge in [-0.2, -0.15) is 0 Å². The minimum atomic E-state index is -1.28. The quantitative estimate of drug-likeness (QED) is 0.542. The van der Waals surface area contributed by atoms with Crippen molar-refractivity contribution in [2.75, 3.05) is 12.9 Å². The fourth-order valence-corrected chi connectivity index (χ4v) is 4.67. The maximum atomic E-state index is 13.1. The molecular formula is C21H25N3O7S. The molecule has 11 heteroatoms. The molecule has 10 nitrogen and oxygen atoms in total. The Kier molecular flexibility index (Phi) is 6.68. The average molecular weight is 464 g/mol. The normalized spacial score (nSPS) is 21.1. The zero-order valence-corrected chi connectivity index (χ0v) is 18.9. The van der Waals surface area contributed by atoms with Gasteiger partial charge in [0.2, 0.25) is 5.91 Å². The minimum Gasteiger partial charge on any atom is -0.498 e. The number of methoxy groups -OCH3 is 1. The largest absolute Gasteiger partial charge is 0.498 e. The van der Waals surface area contributed by atoms with E-state index in [9.17, 15) is 24.3 Å². The van der Waals surface area contributed by atoms with Crippen molar-refractivity contribution in [3.63, 3.8) is 0 Å². The number of carboxylic acid groups (broad SMARTS) is 1. The lowest BCUT2D eigenvalue weighted by atomic mass is 10.0. The number of alkyl carbamates (subject to hydrolysis) is 1. The van der Waals surface area contributed by atoms with Crippen molar-refractivity contribution in [2.24, 2.45) is 0 Å². The predicted octanol–water partition coefficient (Wildman–Crippen LogP) is 1.59. The highest BCUT2D eigenvalue weighted by Gasteiger charge is 2.55. The number of hydrogen-bond donors (Lipinski definition) is 3. The van der Waals surface area contributed by atoms with Crippen LogP contribution in [-0.4, -0.2) is 63.8 Å². The van der Waals surface area contributed by atoms with Crippen molar-refractivity contribution in [1.29, 1.82) is 0 Å². The van der Waals surface area contributed by atoms with Gasteiger partial charge in [-0.3, -0.25) is 14.5 Å². The van der Waals surface area contributed by atoms with Gasteiger partial charge in [-0.1, -0.05) is 30.3 Å². The Morgan fingerprint density at radius 3 is 2.44 bits per heavy atom. The second-order valence-electron chi connectivity index (χ2n) is 8.17. The first-order valence-electron chi connectivity index (χ1n) is 9.83. The van der Waals surface area contributed by atoms with Crippen LogP contribution in [0.1, 0.15) is 32.4 Å². The summed E-state index contributed by atoms with van der Waals surface area (Å²) in [6.45, 7) is 5.11. The molecule has 3 rings (SSSR count). The predicted molar refractivity (Wildman–Crippen MR) is 115 cm³/mol. The molecule has 1 saturated heterocycles. The molecule has 0 aromatic heterocycles. The van der Waals surface area contributed by atoms with Crippen molar-refractivity contribution in [1.82, 2.24) is 15.5 Å². The number of ether oxygens (including phenoxy) is 2. The molecular weight excluding hydrogens is 438 g/mol. The third-order valence-electron chi connectivity index (χ3n) is 4.74. The zero-order valence-electron chi connectivity index (χ0n) is 18.1. The van der Waals surface area contributed by atoms with Crippen LogP contribution in [0.4, 0.5) is 4.79 Å². The van der Waals surface area contributed by atoms with Crippen molar-refractivity contribution in [2.45, 2.75) is 43.8 Å². The third kappa shape index (κ3) is 4.82. The monoisotopic (exact) mass is 463 g/mol. The van der Waals surface area contributed by atoms with Gasteiger partial charge in [0.15, 0.2) is 5.70 Å². The number of benzene rings is 1. The summed E-state index contributed by atoms with van der Waals surface area (Å²) < 4.78 is 10.4. The molecule has 0 spiro atoms. The number of fused-ring (bicyclic) bond motifs is 1. The number of hydrogen-bond acceptors (Lipinski definition) is 7. The molecule has 32 heavy (non-hydrogen) atoms. The van der Waals surface area contributed by atoms with E-state index in [2.05, 4.69) is 10.6 Å². The van der Waals surface area contributed by atoms with Crippen LogP contribution in [0, 0.1) is 0 Å². The first-order valence-corrected chi connectivity index (χ1v) is 10.9. The third-order valence-corrected chi connectivity index (χ3v) is 5.99. The summed E-state index contributed by atoms with van der Waals surface area (Å²) in [5, 5.41) is 14.1. The van der Waals surface area contributed by atoms with E-state index in [1.165, 1.54) is 18.9 Å². The van der Waals surface area contributed by atoms with E-state index in [1.54, 1.807) is 51.1 Å². The molecule has 0 radical (unpaired) electrons. The first-order chi connectivity index (χ1) is 15.0. The van der Waals surface area contributed by atoms with Crippen LogP contribution >= 0.6 is 11.8 Å². The lowest BCUT2D eigenvalue weighted by molar-refractivity contribution is -0.151. The summed E-state index contributed by atoms with van der Waals surface area (Å²) in [6.07, 6.45) is -0.782. The summed E-state index contributed by atoms with van der Waals surface area (Å²) in [5.41, 5.74) is -0.481. The van der Waals surface area contributed by atoms with Gasteiger partial charge in [-0.05, 0) is 26.3 Å². The second kappa shape index (κ2) is 9.11. The first kappa shape index (κ1) is 23.5. The molecule has 2 aliphatic rings. The molecule has 0 aliphatic carbocycles. The van der Waals surface area contributed by atoms with Crippen molar-refractivity contribution in [3.05, 3.63) is 47.4 Å². The van der Waals surface area contributed by atoms with E-state index in [4.69, 9.17) is 9.47 Å². The SMILES string of the molecule is COC1=C(C(=O)O)N2C(=O)[C@@H](NC(=O)C(NC(=O)OC(C)(C)C)c3ccccc3)[C@H]2SC1. The highest BCUT2D eigenvalue weighted by molar-refractivity contribution is 8.00. The fraction of sp³-hybridized carbons (Fsp3) is 0.429. The van der Waals surface area contributed by atoms with Crippen LogP contribution in [0.3, 0.4) is 0 Å². The number of nitrogens with zero attached hydrogens (tertiary/aromatic N) is 1. The smallest absolute Gasteiger partial charge is 0.408 e. The molecule has 1 fully saturated rings. The summed E-state index contributed by atoms with van der Waals surface area (Å²) >= 11 is 1.28. The average Bonchev–Trinajstić information content (AvgIpc) is 2.73. The molecule has 172 valence electrons. The summed E-state index contributed by atoms with van der Waals surface area (Å²) in [4.78, 5) is 50.9. The minimum absolute atomic E-state index is 0.186. The van der Waals surface area contributed by atoms with Gasteiger partial charge in [0, 0.05) is 0 Å². The van der Waals surface area contributed by atoms with Gasteiger partial charge in [0.25, 0.3) is 5.91 Å². The topological polar surface area (TPSA) is 134 Å². The number of thioether (sulfide) groups is 1. The Morgan fingerprint density at radius 1 is 1.22 bits per heavy atom. The van der Waals surface area contributed by atoms with Gasteiger partial charge in [-0.15, -0.1) is 11.8 Å². The van der Waals surface area contributed by atoms with E-state index in [1.807, 2.05) is 0 Å². The van der Waals surface area contributed by atoms with Gasteiger partial charge >= 0.3 is 12.1 Å². The number of aliphatic carboxylic acids is 1. The Hall–Kier alpha value is -3.21. The molecule has 1 unspecified atom stereocenters. The molecule has 3 atom stereocenters. The molecule has 1 aromatic rings. The second-order valence-corrected chi connectivity index (χ2v) is 9.27. The fourth-order valence-electron chi connectivity index (χ4n) is 3.35. The van der Waals surface area contributed by atoms with E-state index >= 15 is 0 Å². The van der Waals surface area contributed by atoms with Crippen LogP contribution in [-0.2, 0) is 23.9 Å². The molecule has 3 N–H and O–H groups in total. The van der Waals surface area contributed by atoms with E-state index in [0.717, 1.165) is 4.90 Å². The zero-order chi connectivity index (χ0) is 23.6.